The molecule has 1 aromatic heterocycles. The molecule has 4 aliphatic heterocycles. The van der Waals surface area contributed by atoms with Crippen LogP contribution in [0.3, 0.4) is 0 Å². The number of rotatable bonds is 2. The standard InChI is InChI=1S/C21H25ClN4O2.2ClH/c22-13-1-2-16-19(9-13)28-21(24-16)25-7-5-12(6-8-25)20(27)26-17-3-4-18(26)15-11-23-10-14(15)17;;/h1-2,9,12,14-15,17-18,23H,3-8,10-11H2;2*1H/t14-,15+,17-,18+;;. The Labute approximate surface area is 193 Å². The third kappa shape index (κ3) is 3.36. The molecule has 4 atom stereocenters. The van der Waals surface area contributed by atoms with Crippen LogP contribution in [-0.2, 0) is 4.79 Å². The van der Waals surface area contributed by atoms with Gasteiger partial charge in [0.15, 0.2) is 5.58 Å². The van der Waals surface area contributed by atoms with Crippen LogP contribution in [0, 0.1) is 17.8 Å². The van der Waals surface area contributed by atoms with Crippen molar-refractivity contribution in [1.82, 2.24) is 15.2 Å². The van der Waals surface area contributed by atoms with Gasteiger partial charge in [0.05, 0.1) is 0 Å². The number of fused-ring (bicyclic) bond motifs is 6. The van der Waals surface area contributed by atoms with Gasteiger partial charge in [-0.15, -0.1) is 24.8 Å². The summed E-state index contributed by atoms with van der Waals surface area (Å²) < 4.78 is 5.91. The van der Waals surface area contributed by atoms with E-state index in [0.717, 1.165) is 50.1 Å². The number of nitrogens with zero attached hydrogens (tertiary/aromatic N) is 3. The van der Waals surface area contributed by atoms with E-state index in [-0.39, 0.29) is 30.7 Å². The molecule has 4 fully saturated rings. The molecule has 30 heavy (non-hydrogen) atoms. The van der Waals surface area contributed by atoms with Crippen molar-refractivity contribution in [2.75, 3.05) is 31.1 Å². The van der Waals surface area contributed by atoms with E-state index in [4.69, 9.17) is 16.0 Å². The number of amides is 1. The van der Waals surface area contributed by atoms with Crippen molar-refractivity contribution in [2.24, 2.45) is 17.8 Å². The normalized spacial score (nSPS) is 30.3. The van der Waals surface area contributed by atoms with Gasteiger partial charge in [0.1, 0.15) is 5.52 Å². The Bertz CT molecular complexity index is 912. The fraction of sp³-hybridized carbons (Fsp3) is 0.619. The minimum Gasteiger partial charge on any atom is -0.423 e. The molecule has 0 unspecified atom stereocenters. The molecule has 1 amide bonds. The maximum absolute atomic E-state index is 13.3. The maximum atomic E-state index is 13.3. The van der Waals surface area contributed by atoms with E-state index < -0.39 is 0 Å². The molecule has 0 aliphatic carbocycles. The summed E-state index contributed by atoms with van der Waals surface area (Å²) >= 11 is 6.05. The van der Waals surface area contributed by atoms with Crippen LogP contribution >= 0.6 is 36.4 Å². The van der Waals surface area contributed by atoms with Crippen LogP contribution in [0.2, 0.25) is 5.02 Å². The predicted octanol–water partition coefficient (Wildman–Crippen LogP) is 3.75. The van der Waals surface area contributed by atoms with Crippen molar-refractivity contribution in [3.05, 3.63) is 23.2 Å². The lowest BCUT2D eigenvalue weighted by molar-refractivity contribution is -0.138. The molecule has 5 heterocycles. The Balaban J connectivity index is 0.00000109. The Morgan fingerprint density at radius 2 is 1.73 bits per heavy atom. The molecule has 0 radical (unpaired) electrons. The number of benzene rings is 1. The molecule has 6 rings (SSSR count). The third-order valence-electron chi connectivity index (χ3n) is 7.48. The molecule has 6 nitrogen and oxygen atoms in total. The summed E-state index contributed by atoms with van der Waals surface area (Å²) in [6.07, 6.45) is 4.15. The number of carbonyl (C=O) groups is 1. The fourth-order valence-electron chi connectivity index (χ4n) is 6.15. The van der Waals surface area contributed by atoms with Crippen molar-refractivity contribution < 1.29 is 9.21 Å². The van der Waals surface area contributed by atoms with Crippen molar-refractivity contribution in [3.8, 4) is 0 Å². The van der Waals surface area contributed by atoms with E-state index in [1.807, 2.05) is 12.1 Å². The largest absolute Gasteiger partial charge is 0.423 e. The summed E-state index contributed by atoms with van der Waals surface area (Å²) in [5.74, 6) is 1.93. The molecule has 164 valence electrons. The van der Waals surface area contributed by atoms with E-state index in [0.29, 0.717) is 40.9 Å². The lowest BCUT2D eigenvalue weighted by Gasteiger charge is -2.34. The third-order valence-corrected chi connectivity index (χ3v) is 7.71. The number of nitrogens with one attached hydrogen (secondary N) is 1. The number of aromatic nitrogens is 1. The van der Waals surface area contributed by atoms with Gasteiger partial charge in [0, 0.05) is 55.3 Å². The first-order chi connectivity index (χ1) is 13.7. The molecule has 0 saturated carbocycles. The van der Waals surface area contributed by atoms with Gasteiger partial charge in [-0.1, -0.05) is 11.6 Å². The van der Waals surface area contributed by atoms with Gasteiger partial charge < -0.3 is 19.5 Å². The van der Waals surface area contributed by atoms with E-state index in [1.54, 1.807) is 6.07 Å². The highest BCUT2D eigenvalue weighted by atomic mass is 35.5. The van der Waals surface area contributed by atoms with Crippen LogP contribution in [0.25, 0.3) is 11.1 Å². The summed E-state index contributed by atoms with van der Waals surface area (Å²) in [4.78, 5) is 22.4. The lowest BCUT2D eigenvalue weighted by Crippen LogP contribution is -2.46. The summed E-state index contributed by atoms with van der Waals surface area (Å²) in [5, 5.41) is 4.18. The Kier molecular flexibility index (Phi) is 6.14. The van der Waals surface area contributed by atoms with Crippen LogP contribution < -0.4 is 10.2 Å². The SMILES string of the molecule is Cl.Cl.O=C(C1CCN(c2nc3ccc(Cl)cc3o2)CC1)N1[C@@H]2CC[C@H]1[C@H]1CNC[C@H]12. The highest BCUT2D eigenvalue weighted by Crippen LogP contribution is 2.48. The average molecular weight is 474 g/mol. The van der Waals surface area contributed by atoms with Gasteiger partial charge >= 0.3 is 0 Å². The first-order valence-electron chi connectivity index (χ1n) is 10.5. The summed E-state index contributed by atoms with van der Waals surface area (Å²) in [7, 11) is 0. The number of piperidine rings is 1. The quantitative estimate of drug-likeness (QED) is 0.720. The van der Waals surface area contributed by atoms with Gasteiger partial charge in [-0.25, -0.2) is 0 Å². The summed E-state index contributed by atoms with van der Waals surface area (Å²) in [5.41, 5.74) is 1.54. The highest BCUT2D eigenvalue weighted by molar-refractivity contribution is 6.31. The zero-order chi connectivity index (χ0) is 18.8. The Morgan fingerprint density at radius 1 is 1.07 bits per heavy atom. The fourth-order valence-corrected chi connectivity index (χ4v) is 6.31. The number of halogens is 3. The van der Waals surface area contributed by atoms with E-state index in [9.17, 15) is 4.79 Å². The second kappa shape index (κ2) is 8.38. The Morgan fingerprint density at radius 3 is 2.40 bits per heavy atom. The highest BCUT2D eigenvalue weighted by Gasteiger charge is 2.56. The van der Waals surface area contributed by atoms with E-state index in [2.05, 4.69) is 20.1 Å². The van der Waals surface area contributed by atoms with Gasteiger partial charge in [0.25, 0.3) is 6.01 Å². The topological polar surface area (TPSA) is 61.6 Å². The number of hydrogen-bond donors (Lipinski definition) is 1. The van der Waals surface area contributed by atoms with Crippen LogP contribution in [0.4, 0.5) is 6.01 Å². The predicted molar refractivity (Wildman–Crippen MR) is 122 cm³/mol. The van der Waals surface area contributed by atoms with Crippen LogP contribution in [-0.4, -0.2) is 54.1 Å². The number of hydrogen-bond acceptors (Lipinski definition) is 5. The maximum Gasteiger partial charge on any atom is 0.298 e. The summed E-state index contributed by atoms with van der Waals surface area (Å²) in [6.45, 7) is 3.81. The van der Waals surface area contributed by atoms with E-state index in [1.165, 1.54) is 12.8 Å². The molecule has 4 saturated heterocycles. The molecule has 1 aromatic carbocycles. The first kappa shape index (κ1) is 22.0. The van der Waals surface area contributed by atoms with E-state index >= 15 is 0 Å². The minimum atomic E-state index is 0. The molecule has 1 N–H and O–H groups in total. The van der Waals surface area contributed by atoms with Crippen molar-refractivity contribution in [1.29, 1.82) is 0 Å². The van der Waals surface area contributed by atoms with Gasteiger partial charge in [-0.3, -0.25) is 4.79 Å². The van der Waals surface area contributed by atoms with Crippen LogP contribution in [0.1, 0.15) is 25.7 Å². The molecular weight excluding hydrogens is 447 g/mol. The van der Waals surface area contributed by atoms with Gasteiger partial charge in [0.2, 0.25) is 5.91 Å². The zero-order valence-corrected chi connectivity index (χ0v) is 19.0. The molecular formula is C21H27Cl3N4O2. The second-order valence-electron chi connectivity index (χ2n) is 8.81. The van der Waals surface area contributed by atoms with Crippen molar-refractivity contribution in [2.45, 2.75) is 37.8 Å². The Hall–Kier alpha value is -1.21. The number of carbonyl (C=O) groups excluding carboxylic acids is 1. The van der Waals surface area contributed by atoms with Gasteiger partial charge in [-0.05, 0) is 49.7 Å². The molecule has 2 bridgehead atoms. The van der Waals surface area contributed by atoms with Crippen molar-refractivity contribution >= 4 is 59.4 Å². The van der Waals surface area contributed by atoms with Crippen LogP contribution in [0.5, 0.6) is 0 Å². The van der Waals surface area contributed by atoms with Crippen molar-refractivity contribution in [3.63, 3.8) is 0 Å². The molecule has 9 heteroatoms. The lowest BCUT2D eigenvalue weighted by atomic mass is 9.82. The summed E-state index contributed by atoms with van der Waals surface area (Å²) in [6, 6.07) is 7.13. The minimum absolute atomic E-state index is 0. The second-order valence-corrected chi connectivity index (χ2v) is 9.25. The van der Waals surface area contributed by atoms with Gasteiger partial charge in [-0.2, -0.15) is 4.98 Å². The first-order valence-corrected chi connectivity index (χ1v) is 10.9. The molecule has 2 aromatic rings. The molecule has 0 spiro atoms. The molecule has 4 aliphatic rings. The number of oxazole rings is 1. The smallest absolute Gasteiger partial charge is 0.298 e. The average Bonchev–Trinajstić information content (AvgIpc) is 3.47. The zero-order valence-electron chi connectivity index (χ0n) is 16.6. The van der Waals surface area contributed by atoms with Crippen LogP contribution in [0.15, 0.2) is 22.6 Å². The number of anilines is 1. The monoisotopic (exact) mass is 472 g/mol.